The van der Waals surface area contributed by atoms with Gasteiger partial charge in [0.1, 0.15) is 5.54 Å². The van der Waals surface area contributed by atoms with Crippen molar-refractivity contribution in [3.05, 3.63) is 35.9 Å². The first kappa shape index (κ1) is 10.2. The van der Waals surface area contributed by atoms with Crippen molar-refractivity contribution in [2.24, 2.45) is 0 Å². The van der Waals surface area contributed by atoms with Crippen LogP contribution in [0.4, 0.5) is 0 Å². The third-order valence-electron chi connectivity index (χ3n) is 3.33. The molecule has 1 aliphatic rings. The fourth-order valence-electron chi connectivity index (χ4n) is 2.11. The summed E-state index contributed by atoms with van der Waals surface area (Å²) in [7, 11) is 1.88. The Kier molecular flexibility index (Phi) is 2.49. The van der Waals surface area contributed by atoms with E-state index in [9.17, 15) is 9.90 Å². The fraction of sp³-hybridized carbons (Fsp3) is 0.417. The van der Waals surface area contributed by atoms with E-state index in [-0.39, 0.29) is 0 Å². The highest BCUT2D eigenvalue weighted by molar-refractivity contribution is 5.80. The Hall–Kier alpha value is -1.35. The van der Waals surface area contributed by atoms with Gasteiger partial charge in [0.2, 0.25) is 0 Å². The lowest BCUT2D eigenvalue weighted by molar-refractivity contribution is -0.159. The third-order valence-corrected chi connectivity index (χ3v) is 3.33. The van der Waals surface area contributed by atoms with Crippen molar-refractivity contribution in [2.75, 3.05) is 13.6 Å². The topological polar surface area (TPSA) is 40.5 Å². The van der Waals surface area contributed by atoms with Crippen molar-refractivity contribution >= 4 is 5.97 Å². The number of nitrogens with zero attached hydrogens (tertiary/aromatic N) is 1. The van der Waals surface area contributed by atoms with Crippen LogP contribution in [-0.2, 0) is 11.2 Å². The molecular weight excluding hydrogens is 190 g/mol. The summed E-state index contributed by atoms with van der Waals surface area (Å²) in [5.41, 5.74) is 0.424. The molecule has 0 saturated carbocycles. The molecule has 0 aromatic heterocycles. The van der Waals surface area contributed by atoms with Crippen LogP contribution >= 0.6 is 0 Å². The van der Waals surface area contributed by atoms with E-state index in [1.165, 1.54) is 0 Å². The van der Waals surface area contributed by atoms with Crippen LogP contribution in [0.2, 0.25) is 0 Å². The van der Waals surface area contributed by atoms with Crippen LogP contribution in [0, 0.1) is 0 Å². The van der Waals surface area contributed by atoms with Crippen molar-refractivity contribution in [1.29, 1.82) is 0 Å². The van der Waals surface area contributed by atoms with Gasteiger partial charge in [-0.25, -0.2) is 0 Å². The SMILES string of the molecule is CN1CC[C@]1(Cc1ccccc1)C(=O)O. The Morgan fingerprint density at radius 2 is 2.13 bits per heavy atom. The van der Waals surface area contributed by atoms with Crippen molar-refractivity contribution < 1.29 is 9.90 Å². The molecule has 0 amide bonds. The van der Waals surface area contributed by atoms with E-state index >= 15 is 0 Å². The maximum atomic E-state index is 11.3. The van der Waals surface area contributed by atoms with Gasteiger partial charge in [0.15, 0.2) is 0 Å². The molecule has 3 heteroatoms. The monoisotopic (exact) mass is 205 g/mol. The lowest BCUT2D eigenvalue weighted by Gasteiger charge is -2.47. The van der Waals surface area contributed by atoms with Crippen LogP contribution in [0.5, 0.6) is 0 Å². The number of likely N-dealkylation sites (N-methyl/N-ethyl adjacent to an activating group) is 1. The first-order valence-electron chi connectivity index (χ1n) is 5.14. The van der Waals surface area contributed by atoms with Crippen LogP contribution in [0.15, 0.2) is 30.3 Å². The van der Waals surface area contributed by atoms with Gasteiger partial charge in [0.05, 0.1) is 0 Å². The van der Waals surface area contributed by atoms with E-state index < -0.39 is 11.5 Å². The molecule has 1 atom stereocenters. The molecule has 0 aliphatic carbocycles. The second-order valence-electron chi connectivity index (χ2n) is 4.17. The van der Waals surface area contributed by atoms with Crippen molar-refractivity contribution in [1.82, 2.24) is 4.90 Å². The summed E-state index contributed by atoms with van der Waals surface area (Å²) in [5, 5.41) is 9.27. The average Bonchev–Trinajstić information content (AvgIpc) is 2.24. The predicted molar refractivity (Wildman–Crippen MR) is 57.8 cm³/mol. The summed E-state index contributed by atoms with van der Waals surface area (Å²) in [6, 6.07) is 9.81. The molecular formula is C12H15NO2. The summed E-state index contributed by atoms with van der Waals surface area (Å²) in [6.45, 7) is 0.874. The van der Waals surface area contributed by atoms with Gasteiger partial charge in [-0.3, -0.25) is 9.69 Å². The number of likely N-dealkylation sites (tertiary alicyclic amines) is 1. The highest BCUT2D eigenvalue weighted by atomic mass is 16.4. The van der Waals surface area contributed by atoms with Crippen molar-refractivity contribution in [2.45, 2.75) is 18.4 Å². The normalized spacial score (nSPS) is 25.9. The molecule has 1 saturated heterocycles. The van der Waals surface area contributed by atoms with E-state index in [2.05, 4.69) is 0 Å². The summed E-state index contributed by atoms with van der Waals surface area (Å²) >= 11 is 0. The molecule has 15 heavy (non-hydrogen) atoms. The molecule has 1 heterocycles. The minimum Gasteiger partial charge on any atom is -0.480 e. The van der Waals surface area contributed by atoms with Gasteiger partial charge < -0.3 is 5.11 Å². The van der Waals surface area contributed by atoms with Gasteiger partial charge in [0, 0.05) is 13.0 Å². The third kappa shape index (κ3) is 1.63. The summed E-state index contributed by atoms with van der Waals surface area (Å²) < 4.78 is 0. The first-order chi connectivity index (χ1) is 7.15. The number of hydrogen-bond acceptors (Lipinski definition) is 2. The molecule has 1 N–H and O–H groups in total. The van der Waals surface area contributed by atoms with Crippen LogP contribution in [0.25, 0.3) is 0 Å². The Bertz CT molecular complexity index is 363. The van der Waals surface area contributed by atoms with Crippen molar-refractivity contribution in [3.63, 3.8) is 0 Å². The van der Waals surface area contributed by atoms with E-state index in [0.717, 1.165) is 18.5 Å². The second kappa shape index (κ2) is 3.66. The maximum absolute atomic E-state index is 11.3. The summed E-state index contributed by atoms with van der Waals surface area (Å²) in [4.78, 5) is 13.2. The molecule has 0 bridgehead atoms. The zero-order chi connectivity index (χ0) is 10.9. The smallest absolute Gasteiger partial charge is 0.324 e. The Morgan fingerprint density at radius 3 is 2.53 bits per heavy atom. The van der Waals surface area contributed by atoms with Gasteiger partial charge in [-0.1, -0.05) is 30.3 Å². The Labute approximate surface area is 89.3 Å². The molecule has 80 valence electrons. The molecule has 2 rings (SSSR count). The highest BCUT2D eigenvalue weighted by Crippen LogP contribution is 2.32. The Morgan fingerprint density at radius 1 is 1.47 bits per heavy atom. The molecule has 0 radical (unpaired) electrons. The van der Waals surface area contributed by atoms with E-state index in [0.29, 0.717) is 6.42 Å². The molecule has 0 spiro atoms. The van der Waals surface area contributed by atoms with Crippen LogP contribution < -0.4 is 0 Å². The van der Waals surface area contributed by atoms with Crippen LogP contribution in [0.3, 0.4) is 0 Å². The van der Waals surface area contributed by atoms with Crippen molar-refractivity contribution in [3.8, 4) is 0 Å². The molecule has 1 aliphatic heterocycles. The molecule has 0 unspecified atom stereocenters. The van der Waals surface area contributed by atoms with Crippen LogP contribution in [0.1, 0.15) is 12.0 Å². The number of benzene rings is 1. The minimum atomic E-state index is -0.708. The quantitative estimate of drug-likeness (QED) is 0.810. The number of carboxylic acids is 1. The van der Waals surface area contributed by atoms with Gasteiger partial charge in [-0.2, -0.15) is 0 Å². The first-order valence-corrected chi connectivity index (χ1v) is 5.14. The zero-order valence-electron chi connectivity index (χ0n) is 8.81. The van der Waals surface area contributed by atoms with Gasteiger partial charge in [-0.05, 0) is 19.0 Å². The lowest BCUT2D eigenvalue weighted by atomic mass is 9.80. The number of rotatable bonds is 3. The molecule has 1 aromatic carbocycles. The predicted octanol–water partition coefficient (Wildman–Crippen LogP) is 1.39. The second-order valence-corrected chi connectivity index (χ2v) is 4.17. The highest BCUT2D eigenvalue weighted by Gasteiger charge is 2.49. The number of aliphatic carboxylic acids is 1. The van der Waals surface area contributed by atoms with E-state index in [1.54, 1.807) is 0 Å². The number of hydrogen-bond donors (Lipinski definition) is 1. The van der Waals surface area contributed by atoms with Gasteiger partial charge >= 0.3 is 5.97 Å². The Balaban J connectivity index is 2.19. The van der Waals surface area contributed by atoms with Gasteiger partial charge in [0.25, 0.3) is 0 Å². The average molecular weight is 205 g/mol. The standard InChI is InChI=1S/C12H15NO2/c1-13-8-7-12(13,11(14)15)9-10-5-3-2-4-6-10/h2-6H,7-9H2,1H3,(H,14,15)/t12-/m0/s1. The lowest BCUT2D eigenvalue weighted by Crippen LogP contribution is -2.64. The zero-order valence-corrected chi connectivity index (χ0v) is 8.81. The fourth-order valence-corrected chi connectivity index (χ4v) is 2.11. The minimum absolute atomic E-state index is 0.597. The number of carbonyl (C=O) groups is 1. The maximum Gasteiger partial charge on any atom is 0.324 e. The molecule has 3 nitrogen and oxygen atoms in total. The molecule has 1 fully saturated rings. The number of carboxylic acid groups (broad SMARTS) is 1. The molecule has 1 aromatic rings. The van der Waals surface area contributed by atoms with Crippen LogP contribution in [-0.4, -0.2) is 35.1 Å². The summed E-state index contributed by atoms with van der Waals surface area (Å²) in [6.07, 6.45) is 1.34. The van der Waals surface area contributed by atoms with Gasteiger partial charge in [-0.15, -0.1) is 0 Å². The largest absolute Gasteiger partial charge is 0.480 e. The van der Waals surface area contributed by atoms with E-state index in [4.69, 9.17) is 0 Å². The van der Waals surface area contributed by atoms with E-state index in [1.807, 2.05) is 42.3 Å². The summed E-state index contributed by atoms with van der Waals surface area (Å²) in [5.74, 6) is -0.708.